The van der Waals surface area contributed by atoms with E-state index in [1.165, 1.54) is 18.4 Å². The molecule has 1 aliphatic carbocycles. The van der Waals surface area contributed by atoms with Gasteiger partial charge in [0.2, 0.25) is 5.91 Å². The molecule has 2 atom stereocenters. The van der Waals surface area contributed by atoms with Gasteiger partial charge in [-0.15, -0.1) is 0 Å². The van der Waals surface area contributed by atoms with Crippen LogP contribution in [0.5, 0.6) is 5.75 Å². The average molecular weight is 455 g/mol. The highest BCUT2D eigenvalue weighted by Crippen LogP contribution is 2.35. The monoisotopic (exact) mass is 454 g/mol. The Labute approximate surface area is 197 Å². The Bertz CT molecular complexity index is 912. The van der Waals surface area contributed by atoms with Crippen LogP contribution >= 0.6 is 11.6 Å². The molecule has 1 aliphatic heterocycles. The van der Waals surface area contributed by atoms with Crippen LogP contribution in [-0.4, -0.2) is 55.5 Å². The zero-order valence-corrected chi connectivity index (χ0v) is 20.1. The minimum atomic E-state index is 0.354. The van der Waals surface area contributed by atoms with Gasteiger partial charge in [-0.3, -0.25) is 4.79 Å². The zero-order chi connectivity index (χ0) is 22.5. The fourth-order valence-corrected chi connectivity index (χ4v) is 5.34. The third-order valence-electron chi connectivity index (χ3n) is 6.86. The number of hydrogen-bond donors (Lipinski definition) is 0. The summed E-state index contributed by atoms with van der Waals surface area (Å²) in [5.41, 5.74) is 3.49. The van der Waals surface area contributed by atoms with Crippen molar-refractivity contribution in [3.63, 3.8) is 0 Å². The Balaban J connectivity index is 1.36. The van der Waals surface area contributed by atoms with Gasteiger partial charge in [-0.25, -0.2) is 0 Å². The molecule has 0 N–H and O–H groups in total. The standard InChI is InChI=1S/C27H35ClN2O2/c1-29(2)15-16-32-25-12-10-21(11-13-25)22-8-9-23(26(28)19-22)17-20-5-3-6-24(18-20)30-14-4-7-27(30)31/h8-13,19-20,24H,3-7,14-18H2,1-2H3. The van der Waals surface area contributed by atoms with E-state index >= 15 is 0 Å². The lowest BCUT2D eigenvalue weighted by molar-refractivity contribution is -0.130. The first kappa shape index (κ1) is 23.1. The van der Waals surface area contributed by atoms with Gasteiger partial charge >= 0.3 is 0 Å². The predicted octanol–water partition coefficient (Wildman–Crippen LogP) is 5.67. The molecule has 2 aromatic carbocycles. The van der Waals surface area contributed by atoms with Crippen molar-refractivity contribution in [2.24, 2.45) is 5.92 Å². The highest BCUT2D eigenvalue weighted by atomic mass is 35.5. The Morgan fingerprint density at radius 2 is 1.84 bits per heavy atom. The summed E-state index contributed by atoms with van der Waals surface area (Å²) in [6.07, 6.45) is 7.46. The lowest BCUT2D eigenvalue weighted by Gasteiger charge is -2.35. The second kappa shape index (κ2) is 10.7. The number of carbonyl (C=O) groups excluding carboxylic acids is 1. The van der Waals surface area contributed by atoms with Crippen LogP contribution in [0.25, 0.3) is 11.1 Å². The van der Waals surface area contributed by atoms with Gasteiger partial charge in [0, 0.05) is 30.6 Å². The van der Waals surface area contributed by atoms with Crippen LogP contribution in [0.4, 0.5) is 0 Å². The normalized spacial score (nSPS) is 21.4. The van der Waals surface area contributed by atoms with Crippen molar-refractivity contribution in [2.45, 2.75) is 51.0 Å². The van der Waals surface area contributed by atoms with Crippen LogP contribution in [0.15, 0.2) is 42.5 Å². The maximum absolute atomic E-state index is 12.2. The molecule has 1 amide bonds. The van der Waals surface area contributed by atoms with E-state index in [-0.39, 0.29) is 0 Å². The van der Waals surface area contributed by atoms with E-state index in [9.17, 15) is 4.79 Å². The molecule has 0 bridgehead atoms. The number of halogens is 1. The smallest absolute Gasteiger partial charge is 0.222 e. The van der Waals surface area contributed by atoms with Crippen molar-refractivity contribution < 1.29 is 9.53 Å². The molecule has 4 rings (SSSR count). The third-order valence-corrected chi connectivity index (χ3v) is 7.21. The van der Waals surface area contributed by atoms with Crippen molar-refractivity contribution in [1.29, 1.82) is 0 Å². The minimum Gasteiger partial charge on any atom is -0.492 e. The summed E-state index contributed by atoms with van der Waals surface area (Å²) in [6, 6.07) is 15.1. The second-order valence-electron chi connectivity index (χ2n) is 9.56. The molecule has 2 unspecified atom stereocenters. The molecule has 172 valence electrons. The first-order valence-corrected chi connectivity index (χ1v) is 12.3. The maximum atomic E-state index is 12.2. The van der Waals surface area contributed by atoms with Gasteiger partial charge in [-0.2, -0.15) is 0 Å². The van der Waals surface area contributed by atoms with E-state index in [1.54, 1.807) is 0 Å². The highest BCUT2D eigenvalue weighted by molar-refractivity contribution is 6.31. The van der Waals surface area contributed by atoms with E-state index < -0.39 is 0 Å². The topological polar surface area (TPSA) is 32.8 Å². The Kier molecular flexibility index (Phi) is 7.75. The Morgan fingerprint density at radius 3 is 2.53 bits per heavy atom. The fourth-order valence-electron chi connectivity index (χ4n) is 5.08. The van der Waals surface area contributed by atoms with Gasteiger partial charge in [0.1, 0.15) is 12.4 Å². The van der Waals surface area contributed by atoms with E-state index in [2.05, 4.69) is 40.1 Å². The molecule has 4 nitrogen and oxygen atoms in total. The third kappa shape index (κ3) is 5.85. The number of rotatable bonds is 8. The van der Waals surface area contributed by atoms with Crippen LogP contribution < -0.4 is 4.74 Å². The summed E-state index contributed by atoms with van der Waals surface area (Å²) in [5.74, 6) is 1.85. The van der Waals surface area contributed by atoms with Crippen LogP contribution in [0.1, 0.15) is 44.1 Å². The molecule has 1 saturated heterocycles. The van der Waals surface area contributed by atoms with Crippen molar-refractivity contribution in [2.75, 3.05) is 33.8 Å². The van der Waals surface area contributed by atoms with E-state index in [0.29, 0.717) is 24.5 Å². The van der Waals surface area contributed by atoms with Gasteiger partial charge in [-0.1, -0.05) is 42.3 Å². The SMILES string of the molecule is CN(C)CCOc1ccc(-c2ccc(CC3CCCC(N4CCCC4=O)C3)c(Cl)c2)cc1. The molecule has 0 aromatic heterocycles. The van der Waals surface area contributed by atoms with Gasteiger partial charge in [0.25, 0.3) is 0 Å². The molecular weight excluding hydrogens is 420 g/mol. The van der Waals surface area contributed by atoms with Crippen LogP contribution in [0, 0.1) is 5.92 Å². The maximum Gasteiger partial charge on any atom is 0.222 e. The molecule has 1 saturated carbocycles. The minimum absolute atomic E-state index is 0.354. The number of nitrogens with zero attached hydrogens (tertiary/aromatic N) is 2. The molecule has 0 spiro atoms. The summed E-state index contributed by atoms with van der Waals surface area (Å²) in [7, 11) is 4.09. The quantitative estimate of drug-likeness (QED) is 0.515. The zero-order valence-electron chi connectivity index (χ0n) is 19.4. The van der Waals surface area contributed by atoms with E-state index in [0.717, 1.165) is 67.1 Å². The van der Waals surface area contributed by atoms with Crippen LogP contribution in [0.2, 0.25) is 5.02 Å². The summed E-state index contributed by atoms with van der Waals surface area (Å²) in [6.45, 7) is 2.53. The van der Waals surface area contributed by atoms with Gasteiger partial charge < -0.3 is 14.5 Å². The van der Waals surface area contributed by atoms with Gasteiger partial charge in [-0.05, 0) is 87.0 Å². The lowest BCUT2D eigenvalue weighted by atomic mass is 9.81. The summed E-state index contributed by atoms with van der Waals surface area (Å²) < 4.78 is 5.79. The van der Waals surface area contributed by atoms with E-state index in [1.807, 2.05) is 26.2 Å². The van der Waals surface area contributed by atoms with Gasteiger partial charge in [0.15, 0.2) is 0 Å². The lowest BCUT2D eigenvalue weighted by Crippen LogP contribution is -2.39. The van der Waals surface area contributed by atoms with Gasteiger partial charge in [0.05, 0.1) is 0 Å². The molecule has 1 heterocycles. The number of likely N-dealkylation sites (N-methyl/N-ethyl adjacent to an activating group) is 1. The Hall–Kier alpha value is -2.04. The number of benzene rings is 2. The molecule has 2 aliphatic rings. The Morgan fingerprint density at radius 1 is 1.06 bits per heavy atom. The molecule has 2 aromatic rings. The van der Waals surface area contributed by atoms with Crippen LogP contribution in [-0.2, 0) is 11.2 Å². The summed E-state index contributed by atoms with van der Waals surface area (Å²) >= 11 is 6.72. The molecule has 0 radical (unpaired) electrons. The van der Waals surface area contributed by atoms with E-state index in [4.69, 9.17) is 16.3 Å². The van der Waals surface area contributed by atoms with Crippen molar-refractivity contribution >= 4 is 17.5 Å². The number of ether oxygens (including phenoxy) is 1. The van der Waals surface area contributed by atoms with Crippen molar-refractivity contribution in [3.8, 4) is 16.9 Å². The molecule has 2 fully saturated rings. The average Bonchev–Trinajstić information content (AvgIpc) is 3.21. The summed E-state index contributed by atoms with van der Waals surface area (Å²) in [5, 5.41) is 0.841. The first-order valence-electron chi connectivity index (χ1n) is 12.0. The van der Waals surface area contributed by atoms with Crippen molar-refractivity contribution in [3.05, 3.63) is 53.1 Å². The molecule has 5 heteroatoms. The highest BCUT2D eigenvalue weighted by Gasteiger charge is 2.32. The fraction of sp³-hybridized carbons (Fsp3) is 0.519. The van der Waals surface area contributed by atoms with Crippen LogP contribution in [0.3, 0.4) is 0 Å². The predicted molar refractivity (Wildman–Crippen MR) is 131 cm³/mol. The largest absolute Gasteiger partial charge is 0.492 e. The summed E-state index contributed by atoms with van der Waals surface area (Å²) in [4.78, 5) is 16.4. The van der Waals surface area contributed by atoms with Crippen molar-refractivity contribution in [1.82, 2.24) is 9.80 Å². The number of hydrogen-bond acceptors (Lipinski definition) is 3. The number of carbonyl (C=O) groups is 1. The number of likely N-dealkylation sites (tertiary alicyclic amines) is 1. The first-order chi connectivity index (χ1) is 15.5. The second-order valence-corrected chi connectivity index (χ2v) is 9.97. The molecule has 32 heavy (non-hydrogen) atoms. The number of amides is 1. The molecular formula is C27H35ClN2O2.